The number of hydrogen-bond donors (Lipinski definition) is 1. The number of benzene rings is 2. The number of amides is 1. The number of sulfonamides is 1. The van der Waals surface area contributed by atoms with Gasteiger partial charge in [0.2, 0.25) is 10.0 Å². The van der Waals surface area contributed by atoms with Crippen LogP contribution in [0.4, 0.5) is 0 Å². The predicted molar refractivity (Wildman–Crippen MR) is 117 cm³/mol. The van der Waals surface area contributed by atoms with Gasteiger partial charge in [0.15, 0.2) is 0 Å². The lowest BCUT2D eigenvalue weighted by Crippen LogP contribution is -2.40. The van der Waals surface area contributed by atoms with Gasteiger partial charge in [0.1, 0.15) is 18.1 Å². The molecule has 2 aromatic carbocycles. The third-order valence-electron chi connectivity index (χ3n) is 4.82. The SMILES string of the molecule is COc1ccc(S(=O)(=O)NCCOc2ccc(C)c(Cl)c2)cc1C(=O)N1CCOCC1. The average Bonchev–Trinajstić information content (AvgIpc) is 2.78. The van der Waals surface area contributed by atoms with Gasteiger partial charge in [-0.1, -0.05) is 17.7 Å². The third-order valence-corrected chi connectivity index (χ3v) is 6.68. The Balaban J connectivity index is 1.67. The van der Waals surface area contributed by atoms with E-state index >= 15 is 0 Å². The van der Waals surface area contributed by atoms with E-state index in [0.29, 0.717) is 42.8 Å². The van der Waals surface area contributed by atoms with Crippen LogP contribution in [0.5, 0.6) is 11.5 Å². The molecule has 1 amide bonds. The van der Waals surface area contributed by atoms with Gasteiger partial charge in [-0.3, -0.25) is 4.79 Å². The number of methoxy groups -OCH3 is 1. The first kappa shape index (κ1) is 23.3. The summed E-state index contributed by atoms with van der Waals surface area (Å²) < 4.78 is 44.0. The summed E-state index contributed by atoms with van der Waals surface area (Å²) in [7, 11) is -2.41. The monoisotopic (exact) mass is 468 g/mol. The molecule has 168 valence electrons. The number of rotatable bonds is 8. The fourth-order valence-electron chi connectivity index (χ4n) is 3.05. The van der Waals surface area contributed by atoms with Crippen LogP contribution in [0.3, 0.4) is 0 Å². The number of morpholine rings is 1. The van der Waals surface area contributed by atoms with Crippen LogP contribution in [-0.2, 0) is 14.8 Å². The molecule has 8 nitrogen and oxygen atoms in total. The Bertz CT molecular complexity index is 1040. The van der Waals surface area contributed by atoms with Crippen molar-refractivity contribution >= 4 is 27.5 Å². The molecule has 1 fully saturated rings. The lowest BCUT2D eigenvalue weighted by atomic mass is 10.1. The highest BCUT2D eigenvalue weighted by Gasteiger charge is 2.24. The summed E-state index contributed by atoms with van der Waals surface area (Å²) in [6.45, 7) is 3.82. The molecule has 1 aliphatic heterocycles. The molecule has 0 spiro atoms. The van der Waals surface area contributed by atoms with Crippen molar-refractivity contribution < 1.29 is 27.4 Å². The van der Waals surface area contributed by atoms with Crippen molar-refractivity contribution in [3.63, 3.8) is 0 Å². The van der Waals surface area contributed by atoms with Gasteiger partial charge < -0.3 is 19.1 Å². The van der Waals surface area contributed by atoms with Crippen molar-refractivity contribution in [1.82, 2.24) is 9.62 Å². The second-order valence-electron chi connectivity index (χ2n) is 6.92. The van der Waals surface area contributed by atoms with E-state index in [0.717, 1.165) is 5.56 Å². The van der Waals surface area contributed by atoms with E-state index in [1.807, 2.05) is 13.0 Å². The Labute approximate surface area is 187 Å². The highest BCUT2D eigenvalue weighted by molar-refractivity contribution is 7.89. The lowest BCUT2D eigenvalue weighted by Gasteiger charge is -2.27. The van der Waals surface area contributed by atoms with Crippen LogP contribution in [0.15, 0.2) is 41.3 Å². The van der Waals surface area contributed by atoms with E-state index in [-0.39, 0.29) is 29.5 Å². The second kappa shape index (κ2) is 10.3. The van der Waals surface area contributed by atoms with Gasteiger partial charge in [-0.15, -0.1) is 0 Å². The molecule has 1 saturated heterocycles. The van der Waals surface area contributed by atoms with Crippen LogP contribution in [0.1, 0.15) is 15.9 Å². The van der Waals surface area contributed by atoms with Gasteiger partial charge in [-0.25, -0.2) is 13.1 Å². The normalized spacial score (nSPS) is 14.4. The zero-order valence-electron chi connectivity index (χ0n) is 17.4. The molecule has 2 aromatic rings. The van der Waals surface area contributed by atoms with Gasteiger partial charge >= 0.3 is 0 Å². The second-order valence-corrected chi connectivity index (χ2v) is 9.10. The quantitative estimate of drug-likeness (QED) is 0.598. The molecule has 0 atom stereocenters. The fourth-order valence-corrected chi connectivity index (χ4v) is 4.26. The van der Waals surface area contributed by atoms with Crippen molar-refractivity contribution in [2.75, 3.05) is 46.6 Å². The highest BCUT2D eigenvalue weighted by Crippen LogP contribution is 2.25. The Morgan fingerprint density at radius 1 is 1.19 bits per heavy atom. The highest BCUT2D eigenvalue weighted by atomic mass is 35.5. The molecule has 3 rings (SSSR count). The maximum atomic E-state index is 12.9. The van der Waals surface area contributed by atoms with E-state index in [1.54, 1.807) is 17.0 Å². The van der Waals surface area contributed by atoms with Crippen molar-refractivity contribution in [1.29, 1.82) is 0 Å². The van der Waals surface area contributed by atoms with Crippen molar-refractivity contribution in [2.45, 2.75) is 11.8 Å². The summed E-state index contributed by atoms with van der Waals surface area (Å²) in [6.07, 6.45) is 0. The summed E-state index contributed by atoms with van der Waals surface area (Å²) in [6, 6.07) is 9.48. The Morgan fingerprint density at radius 3 is 2.61 bits per heavy atom. The minimum absolute atomic E-state index is 0.0247. The molecule has 0 aromatic heterocycles. The molecule has 1 aliphatic rings. The Hall–Kier alpha value is -2.33. The molecule has 31 heavy (non-hydrogen) atoms. The molecular formula is C21H25ClN2O6S. The number of halogens is 1. The molecule has 0 saturated carbocycles. The van der Waals surface area contributed by atoms with Crippen LogP contribution in [0.2, 0.25) is 5.02 Å². The van der Waals surface area contributed by atoms with Crippen molar-refractivity contribution in [2.24, 2.45) is 0 Å². The van der Waals surface area contributed by atoms with Gasteiger partial charge in [-0.2, -0.15) is 0 Å². The molecule has 0 bridgehead atoms. The number of nitrogens with zero attached hydrogens (tertiary/aromatic N) is 1. The van der Waals surface area contributed by atoms with Crippen LogP contribution in [0, 0.1) is 6.92 Å². The Morgan fingerprint density at radius 2 is 1.94 bits per heavy atom. The smallest absolute Gasteiger partial charge is 0.257 e. The van der Waals surface area contributed by atoms with Gasteiger partial charge in [0.25, 0.3) is 5.91 Å². The Kier molecular flexibility index (Phi) is 7.77. The molecule has 0 unspecified atom stereocenters. The summed E-state index contributed by atoms with van der Waals surface area (Å²) in [4.78, 5) is 14.5. The van der Waals surface area contributed by atoms with Crippen LogP contribution >= 0.6 is 11.6 Å². The number of carbonyl (C=O) groups excluding carboxylic acids is 1. The number of hydrogen-bond acceptors (Lipinski definition) is 6. The maximum Gasteiger partial charge on any atom is 0.257 e. The lowest BCUT2D eigenvalue weighted by molar-refractivity contribution is 0.0300. The minimum Gasteiger partial charge on any atom is -0.496 e. The van der Waals surface area contributed by atoms with Crippen LogP contribution in [-0.4, -0.2) is 65.8 Å². The zero-order valence-corrected chi connectivity index (χ0v) is 19.0. The summed E-state index contributed by atoms with van der Waals surface area (Å²) in [5.74, 6) is 0.574. The van der Waals surface area contributed by atoms with Gasteiger partial charge in [0, 0.05) is 24.7 Å². The van der Waals surface area contributed by atoms with Crippen molar-refractivity contribution in [3.05, 3.63) is 52.5 Å². The van der Waals surface area contributed by atoms with E-state index in [1.165, 1.54) is 25.3 Å². The largest absolute Gasteiger partial charge is 0.496 e. The molecule has 10 heteroatoms. The predicted octanol–water partition coefficient (Wildman–Crippen LogP) is 2.49. The third kappa shape index (κ3) is 5.88. The van der Waals surface area contributed by atoms with Gasteiger partial charge in [0.05, 0.1) is 30.8 Å². The van der Waals surface area contributed by atoms with Crippen LogP contribution < -0.4 is 14.2 Å². The summed E-state index contributed by atoms with van der Waals surface area (Å²) in [5, 5.41) is 0.578. The van der Waals surface area contributed by atoms with Crippen molar-refractivity contribution in [3.8, 4) is 11.5 Å². The van der Waals surface area contributed by atoms with E-state index in [9.17, 15) is 13.2 Å². The molecule has 0 radical (unpaired) electrons. The minimum atomic E-state index is -3.85. The zero-order chi connectivity index (χ0) is 22.4. The topological polar surface area (TPSA) is 94.2 Å². The number of carbonyl (C=O) groups is 1. The van der Waals surface area contributed by atoms with Gasteiger partial charge in [-0.05, 0) is 42.8 Å². The van der Waals surface area contributed by atoms with Crippen LogP contribution in [0.25, 0.3) is 0 Å². The number of aryl methyl sites for hydroxylation is 1. The number of ether oxygens (including phenoxy) is 3. The fraction of sp³-hybridized carbons (Fsp3) is 0.381. The first-order valence-corrected chi connectivity index (χ1v) is 11.6. The van der Waals surface area contributed by atoms with E-state index in [2.05, 4.69) is 4.72 Å². The standard InChI is InChI=1S/C21H25ClN2O6S/c1-15-3-4-16(13-19(15)22)30-10-7-23-31(26,27)17-5-6-20(28-2)18(14-17)21(25)24-8-11-29-12-9-24/h3-6,13-14,23H,7-12H2,1-2H3. The number of nitrogens with one attached hydrogen (secondary N) is 1. The molecule has 0 aliphatic carbocycles. The average molecular weight is 469 g/mol. The summed E-state index contributed by atoms with van der Waals surface area (Å²) >= 11 is 6.06. The first-order chi connectivity index (χ1) is 14.8. The molecule has 1 heterocycles. The van der Waals surface area contributed by atoms with E-state index in [4.69, 9.17) is 25.8 Å². The maximum absolute atomic E-state index is 12.9. The molecule has 1 N–H and O–H groups in total. The van der Waals surface area contributed by atoms with E-state index < -0.39 is 10.0 Å². The first-order valence-electron chi connectivity index (χ1n) is 9.75. The molecular weight excluding hydrogens is 444 g/mol. The summed E-state index contributed by atoms with van der Waals surface area (Å²) in [5.41, 5.74) is 1.12.